The second-order valence-corrected chi connectivity index (χ2v) is 6.09. The Labute approximate surface area is 159 Å². The molecule has 0 aliphatic carbocycles. The molecule has 3 N–H and O–H groups in total. The number of aromatic amines is 2. The zero-order valence-electron chi connectivity index (χ0n) is 15.0. The summed E-state index contributed by atoms with van der Waals surface area (Å²) in [5.74, 6) is 0.343. The van der Waals surface area contributed by atoms with Crippen LogP contribution in [0.4, 0.5) is 0 Å². The molecule has 0 fully saturated rings. The molecule has 8 nitrogen and oxygen atoms in total. The highest BCUT2D eigenvalue weighted by atomic mass is 16.5. The number of nitrogens with one attached hydrogen (secondary N) is 3. The Hall–Kier alpha value is -3.94. The SMILES string of the molecule is COc1ccccc1-c1cc(C(=O)NCc2n[nH]c(=O)c3ccccc23)[nH]n1. The first kappa shape index (κ1) is 17.5. The highest BCUT2D eigenvalue weighted by Crippen LogP contribution is 2.28. The van der Waals surface area contributed by atoms with Gasteiger partial charge in [-0.15, -0.1) is 0 Å². The van der Waals surface area contributed by atoms with Gasteiger partial charge in [0.1, 0.15) is 11.4 Å². The maximum atomic E-state index is 12.5. The van der Waals surface area contributed by atoms with Gasteiger partial charge in [-0.3, -0.25) is 14.7 Å². The number of amides is 1. The molecule has 0 radical (unpaired) electrons. The molecule has 2 heterocycles. The number of methoxy groups -OCH3 is 1. The summed E-state index contributed by atoms with van der Waals surface area (Å²) in [6.45, 7) is 0.166. The Bertz CT molecular complexity index is 1210. The van der Waals surface area contributed by atoms with Crippen LogP contribution in [0.15, 0.2) is 59.4 Å². The van der Waals surface area contributed by atoms with Crippen LogP contribution in [0.5, 0.6) is 5.75 Å². The zero-order chi connectivity index (χ0) is 19.5. The van der Waals surface area contributed by atoms with Crippen molar-refractivity contribution in [3.05, 3.63) is 76.3 Å². The molecule has 140 valence electrons. The van der Waals surface area contributed by atoms with Crippen LogP contribution in [0.2, 0.25) is 0 Å². The molecule has 0 atom stereocenters. The minimum atomic E-state index is -0.328. The third-order valence-corrected chi connectivity index (χ3v) is 4.40. The monoisotopic (exact) mass is 375 g/mol. The summed E-state index contributed by atoms with van der Waals surface area (Å²) in [5.41, 5.74) is 2.02. The minimum Gasteiger partial charge on any atom is -0.496 e. The number of hydrogen-bond donors (Lipinski definition) is 3. The van der Waals surface area contributed by atoms with Crippen molar-refractivity contribution in [3.8, 4) is 17.0 Å². The van der Waals surface area contributed by atoms with Crippen molar-refractivity contribution in [3.63, 3.8) is 0 Å². The Morgan fingerprint density at radius 1 is 1.04 bits per heavy atom. The molecule has 0 aliphatic rings. The molecule has 0 aliphatic heterocycles. The summed E-state index contributed by atoms with van der Waals surface area (Å²) < 4.78 is 5.33. The van der Waals surface area contributed by atoms with Crippen LogP contribution in [0.3, 0.4) is 0 Å². The first-order valence-electron chi connectivity index (χ1n) is 8.60. The number of H-pyrrole nitrogens is 2. The smallest absolute Gasteiger partial charge is 0.272 e. The second kappa shape index (κ2) is 7.36. The van der Waals surface area contributed by atoms with Crippen molar-refractivity contribution in [2.24, 2.45) is 0 Å². The standard InChI is InChI=1S/C20H17N5O3/c1-28-18-9-5-4-8-14(18)15-10-16(23-22-15)20(27)21-11-17-12-6-2-3-7-13(12)19(26)25-24-17/h2-10H,11H2,1H3,(H,21,27)(H,22,23)(H,25,26). The van der Waals surface area contributed by atoms with Gasteiger partial charge < -0.3 is 10.1 Å². The van der Waals surface area contributed by atoms with Gasteiger partial charge in [0.2, 0.25) is 0 Å². The Morgan fingerprint density at radius 3 is 2.61 bits per heavy atom. The Kier molecular flexibility index (Phi) is 4.59. The van der Waals surface area contributed by atoms with E-state index < -0.39 is 0 Å². The number of para-hydroxylation sites is 1. The quantitative estimate of drug-likeness (QED) is 0.495. The molecule has 28 heavy (non-hydrogen) atoms. The van der Waals surface area contributed by atoms with E-state index >= 15 is 0 Å². The van der Waals surface area contributed by atoms with Crippen LogP contribution in [0.1, 0.15) is 16.2 Å². The van der Waals surface area contributed by atoms with E-state index in [0.29, 0.717) is 33.6 Å². The van der Waals surface area contributed by atoms with Crippen LogP contribution in [0.25, 0.3) is 22.0 Å². The van der Waals surface area contributed by atoms with Gasteiger partial charge >= 0.3 is 0 Å². The molecule has 2 aromatic heterocycles. The van der Waals surface area contributed by atoms with Gasteiger partial charge in [0.15, 0.2) is 0 Å². The molecule has 2 aromatic carbocycles. The molecule has 0 bridgehead atoms. The molecule has 8 heteroatoms. The van der Waals surface area contributed by atoms with E-state index in [9.17, 15) is 9.59 Å². The lowest BCUT2D eigenvalue weighted by Crippen LogP contribution is -2.25. The van der Waals surface area contributed by atoms with Crippen LogP contribution >= 0.6 is 0 Å². The van der Waals surface area contributed by atoms with E-state index in [2.05, 4.69) is 25.7 Å². The van der Waals surface area contributed by atoms with Crippen LogP contribution in [-0.4, -0.2) is 33.4 Å². The first-order valence-corrected chi connectivity index (χ1v) is 8.60. The van der Waals surface area contributed by atoms with Crippen molar-refractivity contribution >= 4 is 16.7 Å². The van der Waals surface area contributed by atoms with E-state index in [-0.39, 0.29) is 18.0 Å². The average Bonchev–Trinajstić information content (AvgIpc) is 3.23. The van der Waals surface area contributed by atoms with Gasteiger partial charge in [-0.2, -0.15) is 10.2 Å². The number of fused-ring (bicyclic) bond motifs is 1. The van der Waals surface area contributed by atoms with Gasteiger partial charge in [-0.05, 0) is 24.3 Å². The fourth-order valence-electron chi connectivity index (χ4n) is 3.00. The molecule has 4 aromatic rings. The highest BCUT2D eigenvalue weighted by molar-refractivity contribution is 5.94. The molecular formula is C20H17N5O3. The number of aromatic nitrogens is 4. The number of rotatable bonds is 5. The molecule has 0 spiro atoms. The third-order valence-electron chi connectivity index (χ3n) is 4.40. The largest absolute Gasteiger partial charge is 0.496 e. The van der Waals surface area contributed by atoms with Gasteiger partial charge in [0.25, 0.3) is 11.5 Å². The predicted octanol–water partition coefficient (Wildman–Crippen LogP) is 2.25. The van der Waals surface area contributed by atoms with Crippen molar-refractivity contribution in [2.45, 2.75) is 6.54 Å². The van der Waals surface area contributed by atoms with Gasteiger partial charge in [-0.1, -0.05) is 30.3 Å². The second-order valence-electron chi connectivity index (χ2n) is 6.09. The number of benzene rings is 2. The van der Waals surface area contributed by atoms with Crippen molar-refractivity contribution in [1.29, 1.82) is 0 Å². The average molecular weight is 375 g/mol. The Balaban J connectivity index is 1.54. The zero-order valence-corrected chi connectivity index (χ0v) is 15.0. The summed E-state index contributed by atoms with van der Waals surface area (Å²) in [6.07, 6.45) is 0. The van der Waals surface area contributed by atoms with Gasteiger partial charge in [-0.25, -0.2) is 5.10 Å². The third kappa shape index (κ3) is 3.23. The topological polar surface area (TPSA) is 113 Å². The van der Waals surface area contributed by atoms with Crippen LogP contribution in [0, 0.1) is 0 Å². The maximum Gasteiger partial charge on any atom is 0.272 e. The van der Waals surface area contributed by atoms with E-state index in [1.54, 1.807) is 31.4 Å². The summed E-state index contributed by atoms with van der Waals surface area (Å²) in [6, 6.07) is 16.2. The van der Waals surface area contributed by atoms with E-state index in [1.165, 1.54) is 0 Å². The minimum absolute atomic E-state index is 0.166. The number of ether oxygens (including phenoxy) is 1. The normalized spacial score (nSPS) is 10.8. The lowest BCUT2D eigenvalue weighted by molar-refractivity contribution is 0.0945. The number of nitrogens with zero attached hydrogens (tertiary/aromatic N) is 2. The Morgan fingerprint density at radius 2 is 1.79 bits per heavy atom. The summed E-state index contributed by atoms with van der Waals surface area (Å²) in [4.78, 5) is 24.4. The van der Waals surface area contributed by atoms with Crippen molar-refractivity contribution in [1.82, 2.24) is 25.7 Å². The number of carbonyl (C=O) groups is 1. The molecule has 0 unspecified atom stereocenters. The fraction of sp³-hybridized carbons (Fsp3) is 0.100. The molecule has 0 saturated heterocycles. The lowest BCUT2D eigenvalue weighted by Gasteiger charge is -2.06. The summed E-state index contributed by atoms with van der Waals surface area (Å²) >= 11 is 0. The van der Waals surface area contributed by atoms with Crippen molar-refractivity contribution in [2.75, 3.05) is 7.11 Å². The predicted molar refractivity (Wildman–Crippen MR) is 104 cm³/mol. The molecular weight excluding hydrogens is 358 g/mol. The van der Waals surface area contributed by atoms with E-state index in [0.717, 1.165) is 5.56 Å². The number of hydrogen-bond acceptors (Lipinski definition) is 5. The molecule has 1 amide bonds. The van der Waals surface area contributed by atoms with E-state index in [1.807, 2.05) is 30.3 Å². The van der Waals surface area contributed by atoms with Crippen molar-refractivity contribution < 1.29 is 9.53 Å². The van der Waals surface area contributed by atoms with Gasteiger partial charge in [0, 0.05) is 10.9 Å². The molecule has 0 saturated carbocycles. The van der Waals surface area contributed by atoms with Crippen LogP contribution in [-0.2, 0) is 6.54 Å². The first-order chi connectivity index (χ1) is 13.7. The summed E-state index contributed by atoms with van der Waals surface area (Å²) in [5, 5.41) is 17.5. The highest BCUT2D eigenvalue weighted by Gasteiger charge is 2.14. The lowest BCUT2D eigenvalue weighted by atomic mass is 10.1. The fourth-order valence-corrected chi connectivity index (χ4v) is 3.00. The number of carbonyl (C=O) groups excluding carboxylic acids is 1. The maximum absolute atomic E-state index is 12.5. The van der Waals surface area contributed by atoms with Crippen LogP contribution < -0.4 is 15.6 Å². The summed E-state index contributed by atoms with van der Waals surface area (Å²) in [7, 11) is 1.58. The molecule has 4 rings (SSSR count). The van der Waals surface area contributed by atoms with Gasteiger partial charge in [0.05, 0.1) is 30.4 Å². The van der Waals surface area contributed by atoms with E-state index in [4.69, 9.17) is 4.74 Å².